The summed E-state index contributed by atoms with van der Waals surface area (Å²) < 4.78 is 72.4. The molecule has 0 N–H and O–H groups in total. The molecule has 32 heavy (non-hydrogen) atoms. The van der Waals surface area contributed by atoms with Crippen LogP contribution in [0.4, 0.5) is 13.2 Å². The van der Waals surface area contributed by atoms with E-state index < -0.39 is 20.9 Å². The van der Waals surface area contributed by atoms with Crippen molar-refractivity contribution in [2.75, 3.05) is 19.6 Å². The first-order chi connectivity index (χ1) is 15.1. The van der Waals surface area contributed by atoms with Crippen molar-refractivity contribution in [2.24, 2.45) is 0 Å². The van der Waals surface area contributed by atoms with Gasteiger partial charge in [0.1, 0.15) is 17.2 Å². The van der Waals surface area contributed by atoms with Crippen molar-refractivity contribution in [1.29, 1.82) is 0 Å². The standard InChI is InChI=1S/C23H28F3NO4S/c1-3-15-27-16-13-22(4-2,14-17-27)32(28,29)21-11-9-19(10-12-21)30-18-5-7-20(8-6-18)31-23(24,25)26/h5-12H,3-4,13-17H2,1-2H3. The molecule has 3 rings (SSSR count). The van der Waals surface area contributed by atoms with Crippen LogP contribution in [0, 0.1) is 0 Å². The van der Waals surface area contributed by atoms with Crippen molar-refractivity contribution in [3.63, 3.8) is 0 Å². The van der Waals surface area contributed by atoms with Crippen molar-refractivity contribution in [1.82, 2.24) is 4.90 Å². The predicted molar refractivity (Wildman–Crippen MR) is 116 cm³/mol. The Morgan fingerprint density at radius 1 is 0.906 bits per heavy atom. The molecule has 1 fully saturated rings. The maximum atomic E-state index is 13.5. The molecule has 5 nitrogen and oxygen atoms in total. The minimum Gasteiger partial charge on any atom is -0.457 e. The minimum atomic E-state index is -4.76. The van der Waals surface area contributed by atoms with Gasteiger partial charge in [-0.1, -0.05) is 13.8 Å². The molecule has 1 saturated heterocycles. The average molecular weight is 472 g/mol. The normalized spacial score (nSPS) is 17.2. The largest absolute Gasteiger partial charge is 0.573 e. The molecule has 0 spiro atoms. The van der Waals surface area contributed by atoms with Crippen LogP contribution in [0.5, 0.6) is 17.2 Å². The zero-order valence-electron chi connectivity index (χ0n) is 18.2. The van der Waals surface area contributed by atoms with Gasteiger partial charge in [-0.15, -0.1) is 13.2 Å². The van der Waals surface area contributed by atoms with Crippen LogP contribution in [0.2, 0.25) is 0 Å². The van der Waals surface area contributed by atoms with Gasteiger partial charge in [-0.25, -0.2) is 8.42 Å². The molecule has 176 valence electrons. The van der Waals surface area contributed by atoms with E-state index in [1.54, 1.807) is 12.1 Å². The van der Waals surface area contributed by atoms with Crippen molar-refractivity contribution < 1.29 is 31.1 Å². The van der Waals surface area contributed by atoms with E-state index in [2.05, 4.69) is 16.6 Å². The highest BCUT2D eigenvalue weighted by atomic mass is 32.2. The molecule has 2 aromatic rings. The summed E-state index contributed by atoms with van der Waals surface area (Å²) >= 11 is 0. The van der Waals surface area contributed by atoms with E-state index in [1.165, 1.54) is 24.3 Å². The number of alkyl halides is 3. The van der Waals surface area contributed by atoms with Gasteiger partial charge >= 0.3 is 6.36 Å². The summed E-state index contributed by atoms with van der Waals surface area (Å²) in [5.74, 6) is 0.348. The lowest BCUT2D eigenvalue weighted by Gasteiger charge is -2.40. The number of ether oxygens (including phenoxy) is 2. The quantitative estimate of drug-likeness (QED) is 0.487. The lowest BCUT2D eigenvalue weighted by molar-refractivity contribution is -0.274. The Bertz CT molecular complexity index is 981. The molecule has 1 aliphatic heterocycles. The van der Waals surface area contributed by atoms with Crippen LogP contribution < -0.4 is 9.47 Å². The van der Waals surface area contributed by atoms with Crippen LogP contribution in [-0.2, 0) is 9.84 Å². The van der Waals surface area contributed by atoms with E-state index in [0.717, 1.165) is 38.2 Å². The molecule has 1 heterocycles. The fourth-order valence-corrected chi connectivity index (χ4v) is 6.19. The number of piperidine rings is 1. The zero-order chi connectivity index (χ0) is 23.4. The fraction of sp³-hybridized carbons (Fsp3) is 0.478. The van der Waals surface area contributed by atoms with Gasteiger partial charge < -0.3 is 14.4 Å². The van der Waals surface area contributed by atoms with Crippen LogP contribution >= 0.6 is 0 Å². The molecule has 0 unspecified atom stereocenters. The van der Waals surface area contributed by atoms with E-state index in [4.69, 9.17) is 4.74 Å². The second-order valence-electron chi connectivity index (χ2n) is 7.97. The van der Waals surface area contributed by atoms with Crippen LogP contribution in [0.25, 0.3) is 0 Å². The van der Waals surface area contributed by atoms with Crippen molar-refractivity contribution >= 4 is 9.84 Å². The van der Waals surface area contributed by atoms with Crippen molar-refractivity contribution in [3.05, 3.63) is 48.5 Å². The maximum Gasteiger partial charge on any atom is 0.573 e. The average Bonchev–Trinajstić information content (AvgIpc) is 2.75. The fourth-order valence-electron chi connectivity index (χ4n) is 4.09. The Morgan fingerprint density at radius 2 is 1.41 bits per heavy atom. The summed E-state index contributed by atoms with van der Waals surface area (Å²) in [5, 5.41) is 0. The second kappa shape index (κ2) is 9.70. The molecule has 0 amide bonds. The number of hydrogen-bond acceptors (Lipinski definition) is 5. The molecular weight excluding hydrogens is 443 g/mol. The smallest absolute Gasteiger partial charge is 0.457 e. The van der Waals surface area contributed by atoms with E-state index in [-0.39, 0.29) is 10.6 Å². The third kappa shape index (κ3) is 5.56. The van der Waals surface area contributed by atoms with E-state index >= 15 is 0 Å². The van der Waals surface area contributed by atoms with Crippen LogP contribution in [0.15, 0.2) is 53.4 Å². The van der Waals surface area contributed by atoms with Gasteiger partial charge in [0.15, 0.2) is 9.84 Å². The number of likely N-dealkylation sites (tertiary alicyclic amines) is 1. The highest BCUT2D eigenvalue weighted by Gasteiger charge is 2.45. The lowest BCUT2D eigenvalue weighted by Crippen LogP contribution is -2.49. The number of rotatable bonds is 8. The summed E-state index contributed by atoms with van der Waals surface area (Å²) in [7, 11) is -3.53. The molecule has 2 aromatic carbocycles. The number of halogens is 3. The summed E-state index contributed by atoms with van der Waals surface area (Å²) in [6.45, 7) is 6.57. The lowest BCUT2D eigenvalue weighted by atomic mass is 9.93. The van der Waals surface area contributed by atoms with E-state index in [9.17, 15) is 21.6 Å². The predicted octanol–water partition coefficient (Wildman–Crippen LogP) is 5.81. The zero-order valence-corrected chi connectivity index (χ0v) is 19.0. The molecule has 0 aliphatic carbocycles. The third-order valence-corrected chi connectivity index (χ3v) is 8.68. The summed E-state index contributed by atoms with van der Waals surface area (Å²) in [5.41, 5.74) is 0. The third-order valence-electron chi connectivity index (χ3n) is 5.95. The molecule has 9 heteroatoms. The van der Waals surface area contributed by atoms with Crippen molar-refractivity contribution in [2.45, 2.75) is 55.5 Å². The first-order valence-corrected chi connectivity index (χ1v) is 12.2. The molecule has 0 radical (unpaired) electrons. The van der Waals surface area contributed by atoms with Crippen LogP contribution in [0.3, 0.4) is 0 Å². The maximum absolute atomic E-state index is 13.5. The van der Waals surface area contributed by atoms with Crippen LogP contribution in [-0.4, -0.2) is 44.1 Å². The van der Waals surface area contributed by atoms with Gasteiger partial charge in [0, 0.05) is 0 Å². The second-order valence-corrected chi connectivity index (χ2v) is 10.3. The molecule has 0 atom stereocenters. The molecule has 0 aromatic heterocycles. The number of benzene rings is 2. The highest BCUT2D eigenvalue weighted by Crippen LogP contribution is 2.39. The molecular formula is C23H28F3NO4S. The Morgan fingerprint density at radius 3 is 1.88 bits per heavy atom. The Hall–Kier alpha value is -2.26. The van der Waals surface area contributed by atoms with Gasteiger partial charge in [-0.3, -0.25) is 0 Å². The minimum absolute atomic E-state index is 0.254. The van der Waals surface area contributed by atoms with Gasteiger partial charge in [0.2, 0.25) is 0 Å². The molecule has 0 bridgehead atoms. The Labute approximate surface area is 187 Å². The topological polar surface area (TPSA) is 55.8 Å². The molecule has 1 aliphatic rings. The summed E-state index contributed by atoms with van der Waals surface area (Å²) in [4.78, 5) is 2.57. The van der Waals surface area contributed by atoms with E-state index in [0.29, 0.717) is 30.8 Å². The number of hydrogen-bond donors (Lipinski definition) is 0. The highest BCUT2D eigenvalue weighted by molar-refractivity contribution is 7.92. The SMILES string of the molecule is CCCN1CCC(CC)(S(=O)(=O)c2ccc(Oc3ccc(OC(F)(F)F)cc3)cc2)CC1. The Balaban J connectivity index is 1.70. The van der Waals surface area contributed by atoms with Gasteiger partial charge in [0.05, 0.1) is 9.64 Å². The number of nitrogens with zero attached hydrogens (tertiary/aromatic N) is 1. The van der Waals surface area contributed by atoms with Gasteiger partial charge in [-0.2, -0.15) is 0 Å². The van der Waals surface area contributed by atoms with E-state index in [1.807, 2.05) is 6.92 Å². The van der Waals surface area contributed by atoms with Crippen molar-refractivity contribution in [3.8, 4) is 17.2 Å². The monoisotopic (exact) mass is 471 g/mol. The van der Waals surface area contributed by atoms with Crippen LogP contribution in [0.1, 0.15) is 39.5 Å². The first kappa shape index (κ1) is 24.4. The van der Waals surface area contributed by atoms with Gasteiger partial charge in [0.25, 0.3) is 0 Å². The first-order valence-electron chi connectivity index (χ1n) is 10.7. The summed E-state index contributed by atoms with van der Waals surface area (Å²) in [6, 6.07) is 11.2. The van der Waals surface area contributed by atoms with Gasteiger partial charge in [-0.05, 0) is 93.8 Å². The number of sulfone groups is 1. The Kier molecular flexibility index (Phi) is 7.39. The summed E-state index contributed by atoms with van der Waals surface area (Å²) in [6.07, 6.45) is -1.94. The molecule has 0 saturated carbocycles.